The molecule has 7 aromatic carbocycles. The Morgan fingerprint density at radius 1 is 0.560 bits per heavy atom. The highest BCUT2D eigenvalue weighted by molar-refractivity contribution is 8.00. The number of hydrogen-bond acceptors (Lipinski definition) is 1. The van der Waals surface area contributed by atoms with E-state index in [9.17, 15) is 0 Å². The number of allylic oxidation sites excluding steroid dienone is 4. The molecule has 0 fully saturated rings. The van der Waals surface area contributed by atoms with Crippen LogP contribution >= 0.6 is 11.8 Å². The van der Waals surface area contributed by atoms with Crippen LogP contribution in [0.3, 0.4) is 0 Å². The van der Waals surface area contributed by atoms with Crippen LogP contribution in [0.4, 0.5) is 0 Å². The van der Waals surface area contributed by atoms with Crippen molar-refractivity contribution in [2.24, 2.45) is 0 Å². The summed E-state index contributed by atoms with van der Waals surface area (Å²) in [7, 11) is 0. The molecule has 4 atom stereocenters. The number of benzene rings is 7. The normalized spacial score (nSPS) is 22.7. The van der Waals surface area contributed by atoms with Crippen LogP contribution in [0.1, 0.15) is 51.6 Å². The first kappa shape index (κ1) is 27.5. The van der Waals surface area contributed by atoms with E-state index in [1.165, 1.54) is 87.6 Å². The molecule has 0 nitrogen and oxygen atoms in total. The Balaban J connectivity index is 1.11. The summed E-state index contributed by atoms with van der Waals surface area (Å²) in [6.07, 6.45) is 15.1. The van der Waals surface area contributed by atoms with Crippen LogP contribution in [-0.2, 0) is 5.41 Å². The molecular weight excluding hydrogens is 621 g/mol. The van der Waals surface area contributed by atoms with E-state index in [-0.39, 0.29) is 5.41 Å². The summed E-state index contributed by atoms with van der Waals surface area (Å²) in [5.41, 5.74) is 16.6. The molecule has 12 rings (SSSR count). The summed E-state index contributed by atoms with van der Waals surface area (Å²) < 4.78 is 0. The van der Waals surface area contributed by atoms with Gasteiger partial charge in [0.25, 0.3) is 0 Å². The SMILES string of the molecule is C1=CC2Sc3c(-c4ccc5c(c4)-c4ccccc4C54c5cccc6c5c5c(c7ccc(-c8ccccc8)cc76)C=CCC54)cccc3C2C=C1. The highest BCUT2D eigenvalue weighted by atomic mass is 32.2. The van der Waals surface area contributed by atoms with Crippen LogP contribution < -0.4 is 0 Å². The maximum atomic E-state index is 2.53. The molecular formula is C49H32S. The fourth-order valence-corrected chi connectivity index (χ4v) is 12.0. The lowest BCUT2D eigenvalue weighted by molar-refractivity contribution is 0.513. The Morgan fingerprint density at radius 2 is 1.36 bits per heavy atom. The number of thioether (sulfide) groups is 1. The lowest BCUT2D eigenvalue weighted by Gasteiger charge is -2.37. The number of fused-ring (bicyclic) bond motifs is 13. The zero-order valence-electron chi connectivity index (χ0n) is 27.4. The molecule has 0 radical (unpaired) electrons. The molecule has 0 saturated carbocycles. The molecule has 1 spiro atoms. The smallest absolute Gasteiger partial charge is 0.0541 e. The second-order valence-corrected chi connectivity index (χ2v) is 15.8. The minimum atomic E-state index is -0.233. The van der Waals surface area contributed by atoms with E-state index >= 15 is 0 Å². The largest absolute Gasteiger partial charge is 0.117 e. The molecule has 4 aliphatic carbocycles. The Hall–Kier alpha value is -5.37. The van der Waals surface area contributed by atoms with Crippen LogP contribution in [0.5, 0.6) is 0 Å². The predicted octanol–water partition coefficient (Wildman–Crippen LogP) is 12.8. The van der Waals surface area contributed by atoms with Crippen molar-refractivity contribution in [3.8, 4) is 33.4 Å². The van der Waals surface area contributed by atoms with Crippen molar-refractivity contribution in [2.75, 3.05) is 0 Å². The Kier molecular flexibility index (Phi) is 5.42. The van der Waals surface area contributed by atoms with Crippen molar-refractivity contribution in [3.05, 3.63) is 191 Å². The average molecular weight is 653 g/mol. The van der Waals surface area contributed by atoms with E-state index in [1.807, 2.05) is 11.8 Å². The predicted molar refractivity (Wildman–Crippen MR) is 211 cm³/mol. The first-order chi connectivity index (χ1) is 24.8. The summed E-state index contributed by atoms with van der Waals surface area (Å²) in [5.74, 6) is 0.802. The van der Waals surface area contributed by atoms with Crippen LogP contribution in [-0.4, -0.2) is 5.25 Å². The van der Waals surface area contributed by atoms with Gasteiger partial charge in [-0.2, -0.15) is 0 Å². The molecule has 0 aromatic heterocycles. The van der Waals surface area contributed by atoms with Gasteiger partial charge >= 0.3 is 0 Å². The molecule has 0 saturated heterocycles. The van der Waals surface area contributed by atoms with Gasteiger partial charge in [-0.25, -0.2) is 0 Å². The Bertz CT molecular complexity index is 2730. The number of hydrogen-bond donors (Lipinski definition) is 0. The summed E-state index contributed by atoms with van der Waals surface area (Å²) >= 11 is 2.04. The maximum absolute atomic E-state index is 2.53. The van der Waals surface area contributed by atoms with Crippen LogP contribution in [0.2, 0.25) is 0 Å². The minimum Gasteiger partial charge on any atom is -0.117 e. The van der Waals surface area contributed by atoms with Gasteiger partial charge in [-0.1, -0.05) is 152 Å². The second-order valence-electron chi connectivity index (χ2n) is 14.6. The lowest BCUT2D eigenvalue weighted by Crippen LogP contribution is -2.31. The lowest BCUT2D eigenvalue weighted by atomic mass is 9.64. The summed E-state index contributed by atoms with van der Waals surface area (Å²) in [6, 6.07) is 48.9. The van der Waals surface area contributed by atoms with Crippen LogP contribution in [0.25, 0.3) is 61.0 Å². The third-order valence-corrected chi connectivity index (χ3v) is 13.8. The molecule has 1 heterocycles. The molecule has 4 unspecified atom stereocenters. The number of rotatable bonds is 2. The van der Waals surface area contributed by atoms with Crippen molar-refractivity contribution < 1.29 is 0 Å². The van der Waals surface area contributed by atoms with Gasteiger partial charge in [-0.15, -0.1) is 11.8 Å². The topological polar surface area (TPSA) is 0 Å². The molecule has 0 bridgehead atoms. The van der Waals surface area contributed by atoms with Crippen LogP contribution in [0, 0.1) is 0 Å². The first-order valence-corrected chi connectivity index (χ1v) is 18.8. The quantitative estimate of drug-likeness (QED) is 0.168. The van der Waals surface area contributed by atoms with Crippen molar-refractivity contribution in [1.82, 2.24) is 0 Å². The first-order valence-electron chi connectivity index (χ1n) is 17.9. The maximum Gasteiger partial charge on any atom is 0.0541 e. The van der Waals surface area contributed by atoms with Gasteiger partial charge in [0.1, 0.15) is 0 Å². The van der Waals surface area contributed by atoms with Crippen LogP contribution in [0.15, 0.2) is 163 Å². The van der Waals surface area contributed by atoms with E-state index in [2.05, 4.69) is 164 Å². The standard InChI is InChI=1S/C49H32S/c1-2-11-29(12-3-1)30-23-25-33-36-16-9-20-43-46(36)47-37(39(33)27-30)17-10-21-44(47)49(43)41-19-6-4-13-34(41)40-28-31(24-26-42(40)49)32-15-8-18-38-35-14-5-7-22-45(35)50-48(32)38/h1-19,21-28,35,43,45H,20H2. The summed E-state index contributed by atoms with van der Waals surface area (Å²) in [6.45, 7) is 0. The fraction of sp³-hybridized carbons (Fsp3) is 0.102. The van der Waals surface area contributed by atoms with Crippen molar-refractivity contribution in [2.45, 2.75) is 33.8 Å². The monoisotopic (exact) mass is 652 g/mol. The van der Waals surface area contributed by atoms with Gasteiger partial charge < -0.3 is 0 Å². The van der Waals surface area contributed by atoms with E-state index < -0.39 is 0 Å². The zero-order chi connectivity index (χ0) is 32.6. The molecule has 7 aromatic rings. The van der Waals surface area contributed by atoms with Gasteiger partial charge in [0.15, 0.2) is 0 Å². The molecule has 1 heteroatoms. The van der Waals surface area contributed by atoms with Gasteiger partial charge in [0.05, 0.1) is 5.41 Å². The zero-order valence-corrected chi connectivity index (χ0v) is 28.3. The van der Waals surface area contributed by atoms with Gasteiger partial charge in [0.2, 0.25) is 0 Å². The second kappa shape index (κ2) is 9.87. The van der Waals surface area contributed by atoms with Gasteiger partial charge in [0, 0.05) is 22.0 Å². The van der Waals surface area contributed by atoms with Crippen molar-refractivity contribution in [3.63, 3.8) is 0 Å². The third kappa shape index (κ3) is 3.34. The fourth-order valence-electron chi connectivity index (χ4n) is 10.5. The molecule has 234 valence electrons. The highest BCUT2D eigenvalue weighted by Crippen LogP contribution is 2.67. The Labute approximate surface area is 296 Å². The Morgan fingerprint density at radius 3 is 2.32 bits per heavy atom. The molecule has 1 aliphatic heterocycles. The van der Waals surface area contributed by atoms with E-state index in [0.717, 1.165) is 6.42 Å². The van der Waals surface area contributed by atoms with Crippen molar-refractivity contribution >= 4 is 39.4 Å². The van der Waals surface area contributed by atoms with E-state index in [4.69, 9.17) is 0 Å². The molecule has 50 heavy (non-hydrogen) atoms. The highest BCUT2D eigenvalue weighted by Gasteiger charge is 2.56. The summed E-state index contributed by atoms with van der Waals surface area (Å²) in [4.78, 5) is 1.45. The van der Waals surface area contributed by atoms with Gasteiger partial charge in [-0.05, 0) is 107 Å². The average Bonchev–Trinajstić information content (AvgIpc) is 3.82. The third-order valence-electron chi connectivity index (χ3n) is 12.4. The van der Waals surface area contributed by atoms with Gasteiger partial charge in [-0.3, -0.25) is 0 Å². The van der Waals surface area contributed by atoms with Crippen molar-refractivity contribution in [1.29, 1.82) is 0 Å². The van der Waals surface area contributed by atoms with E-state index in [0.29, 0.717) is 17.1 Å². The molecule has 5 aliphatic rings. The molecule has 0 N–H and O–H groups in total. The van der Waals surface area contributed by atoms with E-state index in [1.54, 1.807) is 5.56 Å². The minimum absolute atomic E-state index is 0.233. The molecule has 0 amide bonds. The summed E-state index contributed by atoms with van der Waals surface area (Å²) in [5, 5.41) is 6.06.